The van der Waals surface area contributed by atoms with Gasteiger partial charge >= 0.3 is 0 Å². The van der Waals surface area contributed by atoms with Gasteiger partial charge in [-0.1, -0.05) is 0 Å². The Morgan fingerprint density at radius 1 is 1.38 bits per heavy atom. The van der Waals surface area contributed by atoms with Crippen LogP contribution in [-0.4, -0.2) is 50.4 Å². The van der Waals surface area contributed by atoms with Gasteiger partial charge in [-0.05, 0) is 31.5 Å². The zero-order valence-electron chi connectivity index (χ0n) is 12.5. The number of hydrogen-bond acceptors (Lipinski definition) is 5. The topological polar surface area (TPSA) is 92.5 Å². The summed E-state index contributed by atoms with van der Waals surface area (Å²) in [4.78, 5) is 13.4. The van der Waals surface area contributed by atoms with Gasteiger partial charge in [0.25, 0.3) is 5.91 Å². The number of hydrogen-bond donors (Lipinski definition) is 2. The molecule has 2 rings (SSSR count). The average molecular weight is 311 g/mol. The molecule has 116 valence electrons. The van der Waals surface area contributed by atoms with Crippen molar-refractivity contribution in [3.63, 3.8) is 0 Å². The molecule has 1 atom stereocenters. The van der Waals surface area contributed by atoms with Gasteiger partial charge in [-0.3, -0.25) is 4.79 Å². The fourth-order valence-corrected chi connectivity index (χ4v) is 4.60. The molecule has 0 saturated carbocycles. The smallest absolute Gasteiger partial charge is 0.253 e. The van der Waals surface area contributed by atoms with Crippen LogP contribution in [0.4, 0.5) is 11.4 Å². The summed E-state index contributed by atoms with van der Waals surface area (Å²) in [6, 6.07) is 5.02. The number of nitrogens with two attached hydrogens (primary N) is 1. The summed E-state index contributed by atoms with van der Waals surface area (Å²) < 4.78 is 23.2. The van der Waals surface area contributed by atoms with Crippen LogP contribution in [-0.2, 0) is 9.84 Å². The third-order valence-corrected chi connectivity index (χ3v) is 5.55. The fourth-order valence-electron chi connectivity index (χ4n) is 2.50. The van der Waals surface area contributed by atoms with Gasteiger partial charge in [-0.25, -0.2) is 8.42 Å². The van der Waals surface area contributed by atoms with E-state index in [-0.39, 0.29) is 17.4 Å². The van der Waals surface area contributed by atoms with Gasteiger partial charge in [0.2, 0.25) is 0 Å². The molecule has 1 fully saturated rings. The number of sulfone groups is 1. The molecule has 0 bridgehead atoms. The van der Waals surface area contributed by atoms with Crippen molar-refractivity contribution in [1.82, 2.24) is 4.90 Å². The largest absolute Gasteiger partial charge is 0.397 e. The van der Waals surface area contributed by atoms with Crippen molar-refractivity contribution in [3.8, 4) is 0 Å². The van der Waals surface area contributed by atoms with Crippen LogP contribution < -0.4 is 11.1 Å². The summed E-state index contributed by atoms with van der Waals surface area (Å²) in [5.74, 6) is 0.161. The first-order chi connectivity index (χ1) is 9.62. The molecule has 21 heavy (non-hydrogen) atoms. The zero-order chi connectivity index (χ0) is 15.8. The van der Waals surface area contributed by atoms with E-state index in [0.717, 1.165) is 0 Å². The highest BCUT2D eigenvalue weighted by Crippen LogP contribution is 2.30. The molecule has 3 N–H and O–H groups in total. The van der Waals surface area contributed by atoms with Crippen LogP contribution in [0.5, 0.6) is 0 Å². The summed E-state index contributed by atoms with van der Waals surface area (Å²) in [5, 5.41) is 3.21. The van der Waals surface area contributed by atoms with Crippen LogP contribution >= 0.6 is 0 Å². The number of rotatable bonds is 3. The second-order valence-electron chi connectivity index (χ2n) is 6.03. The Labute approximate surface area is 125 Å². The molecule has 1 aromatic carbocycles. The number of amides is 1. The molecule has 1 saturated heterocycles. The van der Waals surface area contributed by atoms with E-state index in [1.807, 2.05) is 6.92 Å². The summed E-state index contributed by atoms with van der Waals surface area (Å²) in [7, 11) is 0.368. The molecule has 1 heterocycles. The molecule has 1 unspecified atom stereocenters. The monoisotopic (exact) mass is 311 g/mol. The van der Waals surface area contributed by atoms with E-state index in [4.69, 9.17) is 5.73 Å². The minimum Gasteiger partial charge on any atom is -0.397 e. The molecule has 0 aromatic heterocycles. The Bertz CT molecular complexity index is 670. The van der Waals surface area contributed by atoms with Crippen LogP contribution in [0, 0.1) is 0 Å². The maximum Gasteiger partial charge on any atom is 0.253 e. The molecule has 6 nitrogen and oxygen atoms in total. The molecule has 1 aromatic rings. The quantitative estimate of drug-likeness (QED) is 0.811. The average Bonchev–Trinajstić information content (AvgIpc) is 2.65. The Morgan fingerprint density at radius 3 is 2.52 bits per heavy atom. The Kier molecular flexibility index (Phi) is 3.88. The van der Waals surface area contributed by atoms with E-state index in [0.29, 0.717) is 23.4 Å². The van der Waals surface area contributed by atoms with Crippen molar-refractivity contribution in [2.24, 2.45) is 0 Å². The molecule has 1 aliphatic heterocycles. The number of carbonyl (C=O) groups excluding carboxylic acids is 1. The molecule has 0 aliphatic carbocycles. The molecule has 1 aliphatic rings. The normalized spacial score (nSPS) is 23.8. The Morgan fingerprint density at radius 2 is 2.05 bits per heavy atom. The van der Waals surface area contributed by atoms with Crippen LogP contribution in [0.3, 0.4) is 0 Å². The molecule has 1 amide bonds. The Balaban J connectivity index is 2.21. The maximum atomic E-state index is 11.9. The number of anilines is 2. The van der Waals surface area contributed by atoms with Gasteiger partial charge in [0.1, 0.15) is 0 Å². The van der Waals surface area contributed by atoms with E-state index in [9.17, 15) is 13.2 Å². The summed E-state index contributed by atoms with van der Waals surface area (Å²) in [6.07, 6.45) is 0.549. The van der Waals surface area contributed by atoms with Crippen LogP contribution in [0.1, 0.15) is 23.7 Å². The zero-order valence-corrected chi connectivity index (χ0v) is 13.3. The van der Waals surface area contributed by atoms with Gasteiger partial charge < -0.3 is 16.0 Å². The summed E-state index contributed by atoms with van der Waals surface area (Å²) in [6.45, 7) is 1.87. The summed E-state index contributed by atoms with van der Waals surface area (Å²) >= 11 is 0. The summed E-state index contributed by atoms with van der Waals surface area (Å²) in [5.41, 5.74) is 7.07. The lowest BCUT2D eigenvalue weighted by Crippen LogP contribution is -2.36. The highest BCUT2D eigenvalue weighted by atomic mass is 32.2. The predicted octanol–water partition coefficient (Wildman–Crippen LogP) is 0.960. The first-order valence-electron chi connectivity index (χ1n) is 6.72. The lowest BCUT2D eigenvalue weighted by molar-refractivity contribution is 0.0827. The molecular formula is C14H21N3O3S. The van der Waals surface area contributed by atoms with Gasteiger partial charge in [0.05, 0.1) is 22.9 Å². The van der Waals surface area contributed by atoms with Crippen LogP contribution in [0.25, 0.3) is 0 Å². The van der Waals surface area contributed by atoms with Crippen molar-refractivity contribution in [3.05, 3.63) is 23.8 Å². The van der Waals surface area contributed by atoms with Crippen LogP contribution in [0.2, 0.25) is 0 Å². The fraction of sp³-hybridized carbons (Fsp3) is 0.500. The number of nitrogens with one attached hydrogen (secondary N) is 1. The maximum absolute atomic E-state index is 11.9. The molecule has 7 heteroatoms. The molecule has 0 radical (unpaired) electrons. The second-order valence-corrected chi connectivity index (χ2v) is 8.21. The van der Waals surface area contributed by atoms with Crippen LogP contribution in [0.15, 0.2) is 18.2 Å². The molecular weight excluding hydrogens is 290 g/mol. The van der Waals surface area contributed by atoms with Crippen molar-refractivity contribution < 1.29 is 13.2 Å². The number of nitrogens with zero attached hydrogens (tertiary/aromatic N) is 1. The minimum atomic E-state index is -2.98. The van der Waals surface area contributed by atoms with Crippen molar-refractivity contribution in [2.45, 2.75) is 18.9 Å². The van der Waals surface area contributed by atoms with Gasteiger partial charge in [0, 0.05) is 25.2 Å². The number of nitrogen functional groups attached to an aromatic ring is 1. The number of benzene rings is 1. The van der Waals surface area contributed by atoms with Crippen molar-refractivity contribution in [2.75, 3.05) is 36.7 Å². The van der Waals surface area contributed by atoms with Crippen molar-refractivity contribution >= 4 is 27.1 Å². The Hall–Kier alpha value is -1.76. The van der Waals surface area contributed by atoms with Gasteiger partial charge in [-0.2, -0.15) is 0 Å². The van der Waals surface area contributed by atoms with E-state index < -0.39 is 15.4 Å². The number of carbonyl (C=O) groups is 1. The predicted molar refractivity (Wildman–Crippen MR) is 84.2 cm³/mol. The molecule has 0 spiro atoms. The first kappa shape index (κ1) is 15.6. The minimum absolute atomic E-state index is 0.0951. The van der Waals surface area contributed by atoms with Crippen molar-refractivity contribution in [1.29, 1.82) is 0 Å². The van der Waals surface area contributed by atoms with E-state index in [2.05, 4.69) is 5.32 Å². The van der Waals surface area contributed by atoms with Gasteiger partial charge in [-0.15, -0.1) is 0 Å². The third kappa shape index (κ3) is 3.47. The highest BCUT2D eigenvalue weighted by molar-refractivity contribution is 7.91. The van der Waals surface area contributed by atoms with E-state index >= 15 is 0 Å². The van der Waals surface area contributed by atoms with E-state index in [1.165, 1.54) is 4.90 Å². The highest BCUT2D eigenvalue weighted by Gasteiger charge is 2.38. The SMILES string of the molecule is CN(C)C(=O)c1ccc(NC2(C)CCS(=O)(=O)C2)c(N)c1. The first-order valence-corrected chi connectivity index (χ1v) is 8.54. The van der Waals surface area contributed by atoms with E-state index in [1.54, 1.807) is 32.3 Å². The lowest BCUT2D eigenvalue weighted by Gasteiger charge is -2.26. The standard InChI is InChI=1S/C14H21N3O3S/c1-14(6-7-21(19,20)9-14)16-12-5-4-10(8-11(12)15)13(18)17(2)3/h4-5,8,16H,6-7,9,15H2,1-3H3. The lowest BCUT2D eigenvalue weighted by atomic mass is 10.0. The second kappa shape index (κ2) is 5.22. The van der Waals surface area contributed by atoms with Gasteiger partial charge in [0.15, 0.2) is 9.84 Å². The third-order valence-electron chi connectivity index (χ3n) is 3.64.